The van der Waals surface area contributed by atoms with E-state index in [1.54, 1.807) is 0 Å². The molecular weight excluding hydrogens is 258 g/mol. The van der Waals surface area contributed by atoms with Crippen LogP contribution in [0.2, 0.25) is 0 Å². The second kappa shape index (κ2) is 8.48. The molecule has 104 valence electrons. The number of thiocarbonyl (C=S) groups is 1. The molecule has 0 heterocycles. The van der Waals surface area contributed by atoms with Crippen molar-refractivity contribution in [3.05, 3.63) is 29.8 Å². The van der Waals surface area contributed by atoms with E-state index in [1.165, 1.54) is 0 Å². The summed E-state index contributed by atoms with van der Waals surface area (Å²) in [7, 11) is 0. The summed E-state index contributed by atoms with van der Waals surface area (Å²) in [4.78, 5) is 11.8. The Kier molecular flexibility index (Phi) is 6.89. The van der Waals surface area contributed by atoms with Crippen molar-refractivity contribution >= 4 is 28.9 Å². The predicted molar refractivity (Wildman–Crippen MR) is 83.3 cm³/mol. The Morgan fingerprint density at radius 1 is 1.21 bits per heavy atom. The number of hydrogen-bond donors (Lipinski definition) is 3. The minimum Gasteiger partial charge on any atom is -0.363 e. The van der Waals surface area contributed by atoms with E-state index in [-0.39, 0.29) is 12.5 Å². The maximum atomic E-state index is 11.8. The second-order valence-electron chi connectivity index (χ2n) is 4.17. The average Bonchev–Trinajstić information content (AvgIpc) is 2.43. The monoisotopic (exact) mass is 279 g/mol. The first kappa shape index (κ1) is 15.4. The molecule has 0 unspecified atom stereocenters. The van der Waals surface area contributed by atoms with Crippen LogP contribution in [0.4, 0.5) is 5.69 Å². The third-order valence-corrected chi connectivity index (χ3v) is 2.91. The van der Waals surface area contributed by atoms with Gasteiger partial charge in [-0.15, -0.1) is 0 Å². The van der Waals surface area contributed by atoms with Gasteiger partial charge in [0.25, 0.3) is 0 Å². The fourth-order valence-electron chi connectivity index (χ4n) is 1.61. The average molecular weight is 279 g/mol. The van der Waals surface area contributed by atoms with Gasteiger partial charge in [-0.3, -0.25) is 4.79 Å². The van der Waals surface area contributed by atoms with Crippen molar-refractivity contribution in [3.8, 4) is 0 Å². The van der Waals surface area contributed by atoms with Crippen LogP contribution in [-0.2, 0) is 11.2 Å². The summed E-state index contributed by atoms with van der Waals surface area (Å²) in [5.74, 6) is -0.0958. The number of carbonyl (C=O) groups is 1. The minimum absolute atomic E-state index is 0.0958. The van der Waals surface area contributed by atoms with Gasteiger partial charge in [0.1, 0.15) is 0 Å². The molecule has 1 aromatic carbocycles. The molecule has 1 amide bonds. The summed E-state index contributed by atoms with van der Waals surface area (Å²) in [5.41, 5.74) is 1.99. The molecule has 0 bridgehead atoms. The molecule has 1 aromatic rings. The maximum absolute atomic E-state index is 11.8. The van der Waals surface area contributed by atoms with Crippen molar-refractivity contribution in [1.82, 2.24) is 10.6 Å². The molecule has 0 radical (unpaired) electrons. The Labute approximate surface area is 120 Å². The fraction of sp³-hybridized carbons (Fsp3) is 0.429. The zero-order valence-corrected chi connectivity index (χ0v) is 12.3. The number of para-hydroxylation sites is 1. The summed E-state index contributed by atoms with van der Waals surface area (Å²) in [6.07, 6.45) is 1.89. The second-order valence-corrected chi connectivity index (χ2v) is 4.58. The summed E-state index contributed by atoms with van der Waals surface area (Å²) in [6.45, 7) is 5.11. The number of carbonyl (C=O) groups excluding carboxylic acids is 1. The number of hydrogen-bond acceptors (Lipinski definition) is 2. The lowest BCUT2D eigenvalue weighted by molar-refractivity contribution is -0.115. The van der Waals surface area contributed by atoms with Crippen LogP contribution >= 0.6 is 12.2 Å². The van der Waals surface area contributed by atoms with E-state index >= 15 is 0 Å². The van der Waals surface area contributed by atoms with Gasteiger partial charge in [-0.1, -0.05) is 32.0 Å². The lowest BCUT2D eigenvalue weighted by atomic mass is 10.1. The standard InChI is InChI=1S/C14H21N3OS/c1-3-9-15-14(19)16-10-13(18)17-12-8-6-5-7-11(12)4-2/h5-8H,3-4,9-10H2,1-2H3,(H,17,18)(H2,15,16,19). The van der Waals surface area contributed by atoms with Crippen molar-refractivity contribution in [2.75, 3.05) is 18.4 Å². The van der Waals surface area contributed by atoms with Crippen LogP contribution < -0.4 is 16.0 Å². The van der Waals surface area contributed by atoms with E-state index in [9.17, 15) is 4.79 Å². The van der Waals surface area contributed by atoms with Gasteiger partial charge in [-0.25, -0.2) is 0 Å². The third-order valence-electron chi connectivity index (χ3n) is 2.62. The molecule has 3 N–H and O–H groups in total. The topological polar surface area (TPSA) is 53.2 Å². The molecule has 1 rings (SSSR count). The fourth-order valence-corrected chi connectivity index (χ4v) is 1.78. The summed E-state index contributed by atoms with van der Waals surface area (Å²) in [6, 6.07) is 7.80. The summed E-state index contributed by atoms with van der Waals surface area (Å²) >= 11 is 5.05. The highest BCUT2D eigenvalue weighted by atomic mass is 32.1. The molecule has 0 aliphatic heterocycles. The number of rotatable bonds is 6. The first-order chi connectivity index (χ1) is 9.17. The molecule has 0 saturated heterocycles. The van der Waals surface area contributed by atoms with E-state index < -0.39 is 0 Å². The van der Waals surface area contributed by atoms with Crippen LogP contribution in [0.3, 0.4) is 0 Å². The predicted octanol–water partition coefficient (Wildman–Crippen LogP) is 2.06. The first-order valence-corrected chi connectivity index (χ1v) is 6.97. The van der Waals surface area contributed by atoms with Gasteiger partial charge in [0.2, 0.25) is 5.91 Å². The third kappa shape index (κ3) is 5.70. The van der Waals surface area contributed by atoms with Gasteiger partial charge >= 0.3 is 0 Å². The van der Waals surface area contributed by atoms with Gasteiger partial charge in [0.15, 0.2) is 5.11 Å². The molecule has 0 atom stereocenters. The number of aryl methyl sites for hydroxylation is 1. The lowest BCUT2D eigenvalue weighted by Gasteiger charge is -2.12. The Hall–Kier alpha value is -1.62. The molecule has 0 saturated carbocycles. The molecular formula is C14H21N3OS. The zero-order valence-electron chi connectivity index (χ0n) is 11.5. The van der Waals surface area contributed by atoms with Gasteiger partial charge < -0.3 is 16.0 Å². The van der Waals surface area contributed by atoms with E-state index in [0.29, 0.717) is 5.11 Å². The SMILES string of the molecule is CCCNC(=S)NCC(=O)Nc1ccccc1CC. The molecule has 19 heavy (non-hydrogen) atoms. The number of anilines is 1. The van der Waals surface area contributed by atoms with Crippen LogP contribution in [0.5, 0.6) is 0 Å². The van der Waals surface area contributed by atoms with Gasteiger partial charge in [0, 0.05) is 12.2 Å². The largest absolute Gasteiger partial charge is 0.363 e. The van der Waals surface area contributed by atoms with Crippen molar-refractivity contribution in [1.29, 1.82) is 0 Å². The molecule has 0 fully saturated rings. The van der Waals surface area contributed by atoms with Crippen molar-refractivity contribution in [2.45, 2.75) is 26.7 Å². The number of amides is 1. The smallest absolute Gasteiger partial charge is 0.243 e. The van der Waals surface area contributed by atoms with E-state index in [4.69, 9.17) is 12.2 Å². The normalized spacial score (nSPS) is 9.79. The Morgan fingerprint density at radius 3 is 2.63 bits per heavy atom. The number of nitrogens with one attached hydrogen (secondary N) is 3. The van der Waals surface area contributed by atoms with Gasteiger partial charge in [0.05, 0.1) is 6.54 Å². The van der Waals surface area contributed by atoms with E-state index in [0.717, 1.165) is 30.6 Å². The van der Waals surface area contributed by atoms with Crippen LogP contribution in [0.25, 0.3) is 0 Å². The summed E-state index contributed by atoms with van der Waals surface area (Å²) in [5, 5.41) is 9.30. The maximum Gasteiger partial charge on any atom is 0.243 e. The molecule has 4 nitrogen and oxygen atoms in total. The lowest BCUT2D eigenvalue weighted by Crippen LogP contribution is -2.40. The van der Waals surface area contributed by atoms with Crippen molar-refractivity contribution in [3.63, 3.8) is 0 Å². The van der Waals surface area contributed by atoms with Gasteiger partial charge in [-0.2, -0.15) is 0 Å². The minimum atomic E-state index is -0.0958. The molecule has 0 aliphatic rings. The first-order valence-electron chi connectivity index (χ1n) is 6.56. The molecule has 0 aromatic heterocycles. The van der Waals surface area contributed by atoms with E-state index in [1.807, 2.05) is 24.3 Å². The van der Waals surface area contributed by atoms with E-state index in [2.05, 4.69) is 29.8 Å². The Morgan fingerprint density at radius 2 is 1.95 bits per heavy atom. The molecule has 5 heteroatoms. The molecule has 0 aliphatic carbocycles. The van der Waals surface area contributed by atoms with Crippen molar-refractivity contribution < 1.29 is 4.79 Å². The molecule has 0 spiro atoms. The highest BCUT2D eigenvalue weighted by Crippen LogP contribution is 2.14. The quantitative estimate of drug-likeness (QED) is 0.698. The van der Waals surface area contributed by atoms with Crippen LogP contribution in [0, 0.1) is 0 Å². The Bertz CT molecular complexity index is 434. The van der Waals surface area contributed by atoms with Crippen molar-refractivity contribution in [2.24, 2.45) is 0 Å². The summed E-state index contributed by atoms with van der Waals surface area (Å²) < 4.78 is 0. The highest BCUT2D eigenvalue weighted by molar-refractivity contribution is 7.80. The van der Waals surface area contributed by atoms with Crippen LogP contribution in [0.1, 0.15) is 25.8 Å². The number of benzene rings is 1. The van der Waals surface area contributed by atoms with Crippen LogP contribution in [0.15, 0.2) is 24.3 Å². The Balaban J connectivity index is 2.41. The highest BCUT2D eigenvalue weighted by Gasteiger charge is 2.05. The van der Waals surface area contributed by atoms with Crippen LogP contribution in [-0.4, -0.2) is 24.1 Å². The van der Waals surface area contributed by atoms with Gasteiger partial charge in [-0.05, 0) is 36.7 Å². The zero-order chi connectivity index (χ0) is 14.1.